The Balaban J connectivity index is 1.85. The number of carbonyl (C=O) groups excluding carboxylic acids is 1. The Labute approximate surface area is 110 Å². The van der Waals surface area contributed by atoms with Gasteiger partial charge in [0, 0.05) is 18.2 Å². The first kappa shape index (κ1) is 13.3. The van der Waals surface area contributed by atoms with Crippen molar-refractivity contribution in [1.29, 1.82) is 0 Å². The van der Waals surface area contributed by atoms with Gasteiger partial charge in [0.15, 0.2) is 0 Å². The predicted octanol–water partition coefficient (Wildman–Crippen LogP) is 1.44. The van der Waals surface area contributed by atoms with E-state index >= 15 is 0 Å². The van der Waals surface area contributed by atoms with E-state index in [1.807, 2.05) is 0 Å². The lowest BCUT2D eigenvalue weighted by Gasteiger charge is -2.23. The third kappa shape index (κ3) is 3.92. The van der Waals surface area contributed by atoms with Crippen molar-refractivity contribution in [2.75, 3.05) is 13.1 Å². The van der Waals surface area contributed by atoms with Crippen LogP contribution < -0.4 is 15.4 Å². The minimum absolute atomic E-state index is 0.0360. The Morgan fingerprint density at radius 1 is 1.32 bits per heavy atom. The molecule has 1 heterocycles. The van der Waals surface area contributed by atoms with Crippen LogP contribution in [0.2, 0.25) is 0 Å². The molecule has 0 unspecified atom stereocenters. The smallest absolute Gasteiger partial charge is 0.410 e. The molecule has 0 bridgehead atoms. The van der Waals surface area contributed by atoms with Crippen molar-refractivity contribution in [2.45, 2.75) is 18.9 Å². The average Bonchev–Trinajstić information content (AvgIpc) is 2.40. The van der Waals surface area contributed by atoms with Gasteiger partial charge in [0.05, 0.1) is 4.92 Å². The largest absolute Gasteiger partial charge is 0.412 e. The number of nitro benzene ring substituents is 1. The van der Waals surface area contributed by atoms with Gasteiger partial charge >= 0.3 is 6.09 Å². The lowest BCUT2D eigenvalue weighted by atomic mass is 10.1. The van der Waals surface area contributed by atoms with Crippen molar-refractivity contribution in [3.63, 3.8) is 0 Å². The molecular weight excluding hydrogens is 250 g/mol. The summed E-state index contributed by atoms with van der Waals surface area (Å²) < 4.78 is 5.06. The molecule has 102 valence electrons. The molecule has 0 aromatic heterocycles. The zero-order valence-electron chi connectivity index (χ0n) is 10.3. The molecule has 0 atom stereocenters. The third-order valence-corrected chi connectivity index (χ3v) is 2.92. The van der Waals surface area contributed by atoms with Gasteiger partial charge in [-0.15, -0.1) is 0 Å². The standard InChI is InChI=1S/C12H15N3O4/c16-12(14-9-5-7-13-8-6-9)19-11-3-1-10(2-4-11)15(17)18/h1-4,9,13H,5-8H2,(H,14,16). The number of benzene rings is 1. The summed E-state index contributed by atoms with van der Waals surface area (Å²) in [5.74, 6) is 0.289. The van der Waals surface area contributed by atoms with Crippen molar-refractivity contribution >= 4 is 11.8 Å². The molecule has 0 saturated carbocycles. The van der Waals surface area contributed by atoms with Crippen molar-refractivity contribution in [3.8, 4) is 5.75 Å². The number of hydrogen-bond acceptors (Lipinski definition) is 5. The fraction of sp³-hybridized carbons (Fsp3) is 0.417. The molecule has 0 radical (unpaired) electrons. The van der Waals surface area contributed by atoms with Crippen LogP contribution in [0, 0.1) is 10.1 Å². The van der Waals surface area contributed by atoms with E-state index in [0.717, 1.165) is 25.9 Å². The van der Waals surface area contributed by atoms with Gasteiger partial charge in [-0.2, -0.15) is 0 Å². The van der Waals surface area contributed by atoms with E-state index in [1.54, 1.807) is 0 Å². The second-order valence-electron chi connectivity index (χ2n) is 4.31. The maximum absolute atomic E-state index is 11.6. The van der Waals surface area contributed by atoms with Crippen molar-refractivity contribution < 1.29 is 14.5 Å². The first-order chi connectivity index (χ1) is 9.15. The zero-order valence-corrected chi connectivity index (χ0v) is 10.3. The van der Waals surface area contributed by atoms with Gasteiger partial charge in [-0.05, 0) is 38.1 Å². The van der Waals surface area contributed by atoms with Crippen LogP contribution in [-0.4, -0.2) is 30.1 Å². The van der Waals surface area contributed by atoms with E-state index in [4.69, 9.17) is 4.74 Å². The van der Waals surface area contributed by atoms with Crippen molar-refractivity contribution in [2.24, 2.45) is 0 Å². The van der Waals surface area contributed by atoms with Crippen LogP contribution in [0.15, 0.2) is 24.3 Å². The quantitative estimate of drug-likeness (QED) is 0.637. The zero-order chi connectivity index (χ0) is 13.7. The number of hydrogen-bond donors (Lipinski definition) is 2. The Hall–Kier alpha value is -2.15. The highest BCUT2D eigenvalue weighted by Crippen LogP contribution is 2.17. The van der Waals surface area contributed by atoms with Gasteiger partial charge in [-0.25, -0.2) is 4.79 Å². The molecule has 1 aliphatic heterocycles. The molecular formula is C12H15N3O4. The fourth-order valence-corrected chi connectivity index (χ4v) is 1.91. The molecule has 1 fully saturated rings. The lowest BCUT2D eigenvalue weighted by Crippen LogP contribution is -2.43. The topological polar surface area (TPSA) is 93.5 Å². The highest BCUT2D eigenvalue weighted by atomic mass is 16.6. The maximum atomic E-state index is 11.6. The molecule has 1 saturated heterocycles. The van der Waals surface area contributed by atoms with E-state index in [-0.39, 0.29) is 17.5 Å². The number of ether oxygens (including phenoxy) is 1. The summed E-state index contributed by atoms with van der Waals surface area (Å²) in [5.41, 5.74) is -0.0360. The molecule has 2 rings (SSSR count). The van der Waals surface area contributed by atoms with Gasteiger partial charge in [0.2, 0.25) is 0 Å². The van der Waals surface area contributed by atoms with Gasteiger partial charge in [0.25, 0.3) is 5.69 Å². The van der Waals surface area contributed by atoms with E-state index in [0.29, 0.717) is 0 Å². The average molecular weight is 265 g/mol. The summed E-state index contributed by atoms with van der Waals surface area (Å²) in [6.07, 6.45) is 1.21. The second-order valence-corrected chi connectivity index (χ2v) is 4.31. The van der Waals surface area contributed by atoms with Crippen LogP contribution in [0.1, 0.15) is 12.8 Å². The molecule has 0 aliphatic carbocycles. The Kier molecular flexibility index (Phi) is 4.30. The SMILES string of the molecule is O=C(NC1CCNCC1)Oc1ccc([N+](=O)[O-])cc1. The molecule has 1 aliphatic rings. The van der Waals surface area contributed by atoms with Gasteiger partial charge < -0.3 is 15.4 Å². The van der Waals surface area contributed by atoms with Crippen molar-refractivity contribution in [3.05, 3.63) is 34.4 Å². The number of nitrogens with zero attached hydrogens (tertiary/aromatic N) is 1. The summed E-state index contributed by atoms with van der Waals surface area (Å²) >= 11 is 0. The minimum atomic E-state index is -0.527. The number of nitrogens with one attached hydrogen (secondary N) is 2. The summed E-state index contributed by atoms with van der Waals surface area (Å²) in [6.45, 7) is 1.75. The second kappa shape index (κ2) is 6.14. The van der Waals surface area contributed by atoms with Crippen molar-refractivity contribution in [1.82, 2.24) is 10.6 Å². The molecule has 7 nitrogen and oxygen atoms in total. The Morgan fingerprint density at radius 2 is 1.95 bits per heavy atom. The first-order valence-electron chi connectivity index (χ1n) is 6.08. The number of piperidine rings is 1. The summed E-state index contributed by atoms with van der Waals surface area (Å²) in [6, 6.07) is 5.52. The van der Waals surface area contributed by atoms with Gasteiger partial charge in [-0.1, -0.05) is 0 Å². The van der Waals surface area contributed by atoms with Crippen LogP contribution in [0.25, 0.3) is 0 Å². The van der Waals surface area contributed by atoms with Crippen LogP contribution in [-0.2, 0) is 0 Å². The lowest BCUT2D eigenvalue weighted by molar-refractivity contribution is -0.384. The molecule has 0 spiro atoms. The molecule has 19 heavy (non-hydrogen) atoms. The predicted molar refractivity (Wildman–Crippen MR) is 68.1 cm³/mol. The molecule has 1 amide bonds. The summed E-state index contributed by atoms with van der Waals surface area (Å²) in [7, 11) is 0. The van der Waals surface area contributed by atoms with E-state index < -0.39 is 11.0 Å². The van der Waals surface area contributed by atoms with Crippen LogP contribution >= 0.6 is 0 Å². The third-order valence-electron chi connectivity index (χ3n) is 2.92. The van der Waals surface area contributed by atoms with Crippen LogP contribution in [0.3, 0.4) is 0 Å². The van der Waals surface area contributed by atoms with Crippen LogP contribution in [0.5, 0.6) is 5.75 Å². The number of non-ortho nitro benzene ring substituents is 1. The van der Waals surface area contributed by atoms with E-state index in [9.17, 15) is 14.9 Å². The minimum Gasteiger partial charge on any atom is -0.410 e. The number of carbonyl (C=O) groups is 1. The highest BCUT2D eigenvalue weighted by molar-refractivity contribution is 5.70. The van der Waals surface area contributed by atoms with E-state index in [2.05, 4.69) is 10.6 Å². The highest BCUT2D eigenvalue weighted by Gasteiger charge is 2.16. The number of amides is 1. The Morgan fingerprint density at radius 3 is 2.53 bits per heavy atom. The van der Waals surface area contributed by atoms with Gasteiger partial charge in [-0.3, -0.25) is 10.1 Å². The monoisotopic (exact) mass is 265 g/mol. The molecule has 1 aromatic rings. The maximum Gasteiger partial charge on any atom is 0.412 e. The van der Waals surface area contributed by atoms with Gasteiger partial charge in [0.1, 0.15) is 5.75 Å². The summed E-state index contributed by atoms with van der Waals surface area (Å²) in [4.78, 5) is 21.6. The molecule has 2 N–H and O–H groups in total. The first-order valence-corrected chi connectivity index (χ1v) is 6.08. The number of rotatable bonds is 3. The molecule has 7 heteroatoms. The van der Waals surface area contributed by atoms with E-state index in [1.165, 1.54) is 24.3 Å². The Bertz CT molecular complexity index is 455. The summed E-state index contributed by atoms with van der Waals surface area (Å²) in [5, 5.41) is 16.4. The molecule has 1 aromatic carbocycles. The number of nitro groups is 1. The van der Waals surface area contributed by atoms with Crippen LogP contribution in [0.4, 0.5) is 10.5 Å². The fourth-order valence-electron chi connectivity index (χ4n) is 1.91. The normalized spacial score (nSPS) is 15.8.